The van der Waals surface area contributed by atoms with Crippen molar-refractivity contribution in [2.45, 2.75) is 32.6 Å². The molecule has 10 nitrogen and oxygen atoms in total. The molecule has 0 saturated carbocycles. The van der Waals surface area contributed by atoms with Crippen molar-refractivity contribution in [2.75, 3.05) is 19.8 Å². The molecule has 4 aromatic carbocycles. The number of azide groups is 1. The lowest BCUT2D eigenvalue weighted by molar-refractivity contribution is 0.0715. The van der Waals surface area contributed by atoms with Gasteiger partial charge in [0.1, 0.15) is 39.8 Å². The third-order valence-corrected chi connectivity index (χ3v) is 6.85. The molecule has 0 aliphatic heterocycles. The van der Waals surface area contributed by atoms with Crippen molar-refractivity contribution in [3.05, 3.63) is 112 Å². The molecule has 14 heteroatoms. The molecule has 0 bridgehead atoms. The summed E-state index contributed by atoms with van der Waals surface area (Å²) in [4.78, 5) is 27.6. The molecule has 2 N–H and O–H groups in total. The van der Waals surface area contributed by atoms with E-state index in [2.05, 4.69) is 16.9 Å². The number of nitrogens with two attached hydrogens (primary N) is 1. The molecule has 250 valence electrons. The summed E-state index contributed by atoms with van der Waals surface area (Å²) in [6.07, 6.45) is 3.60. The van der Waals surface area contributed by atoms with Gasteiger partial charge in [-0.25, -0.2) is 27.2 Å². The average Bonchev–Trinajstić information content (AvgIpc) is 3.09. The summed E-state index contributed by atoms with van der Waals surface area (Å²) in [6.45, 7) is 3.37. The quantitative estimate of drug-likeness (QED) is 0.0195. The minimum absolute atomic E-state index is 0.185. The minimum atomic E-state index is -2.07. The molecular weight excluding hydrogens is 636 g/mol. The largest absolute Gasteiger partial charge is 0.493 e. The minimum Gasteiger partial charge on any atom is -0.493 e. The maximum absolute atomic E-state index is 14.3. The van der Waals surface area contributed by atoms with Gasteiger partial charge in [0.05, 0.1) is 13.2 Å². The van der Waals surface area contributed by atoms with Crippen LogP contribution in [0.4, 0.5) is 23.2 Å². The fourth-order valence-electron chi connectivity index (χ4n) is 4.37. The summed E-state index contributed by atoms with van der Waals surface area (Å²) in [6, 6.07) is 17.0. The second-order valence-electron chi connectivity index (χ2n) is 10.2. The van der Waals surface area contributed by atoms with Crippen LogP contribution in [-0.2, 0) is 0 Å². The third-order valence-electron chi connectivity index (χ3n) is 6.85. The summed E-state index contributed by atoms with van der Waals surface area (Å²) >= 11 is 0. The number of rotatable bonds is 15. The predicted molar refractivity (Wildman–Crippen MR) is 168 cm³/mol. The maximum atomic E-state index is 14.3. The van der Waals surface area contributed by atoms with Crippen LogP contribution in [0.1, 0.15) is 53.3 Å². The first-order valence-electron chi connectivity index (χ1n) is 14.8. The van der Waals surface area contributed by atoms with Crippen molar-refractivity contribution in [3.63, 3.8) is 0 Å². The monoisotopic (exact) mass is 666 g/mol. The van der Waals surface area contributed by atoms with Gasteiger partial charge in [0.15, 0.2) is 23.3 Å². The van der Waals surface area contributed by atoms with Gasteiger partial charge in [-0.1, -0.05) is 49.1 Å². The van der Waals surface area contributed by atoms with Crippen LogP contribution in [0.5, 0.6) is 23.0 Å². The zero-order valence-corrected chi connectivity index (χ0v) is 25.7. The van der Waals surface area contributed by atoms with Crippen molar-refractivity contribution >= 4 is 17.6 Å². The molecular formula is C34H30F4N4O6. The highest BCUT2D eigenvalue weighted by Gasteiger charge is 2.30. The summed E-state index contributed by atoms with van der Waals surface area (Å²) in [7, 11) is 0. The Morgan fingerprint density at radius 1 is 0.729 bits per heavy atom. The lowest BCUT2D eigenvalue weighted by Crippen LogP contribution is -2.16. The number of unbranched alkanes of at least 4 members (excludes halogenated alkanes) is 2. The second-order valence-corrected chi connectivity index (χ2v) is 10.2. The number of carbonyl (C=O) groups excluding carboxylic acids is 2. The fourth-order valence-corrected chi connectivity index (χ4v) is 4.37. The van der Waals surface area contributed by atoms with Crippen molar-refractivity contribution < 1.29 is 46.1 Å². The van der Waals surface area contributed by atoms with E-state index in [0.29, 0.717) is 48.8 Å². The normalized spacial score (nSPS) is 10.6. The first kappa shape index (κ1) is 35.3. The van der Waals surface area contributed by atoms with Gasteiger partial charge < -0.3 is 24.7 Å². The van der Waals surface area contributed by atoms with E-state index in [1.807, 2.05) is 0 Å². The molecule has 0 spiro atoms. The Balaban J connectivity index is 1.43. The molecule has 4 rings (SSSR count). The summed E-state index contributed by atoms with van der Waals surface area (Å²) in [5, 5.41) is 2.58. The third kappa shape index (κ3) is 8.60. The van der Waals surface area contributed by atoms with Crippen molar-refractivity contribution in [3.8, 4) is 34.1 Å². The summed E-state index contributed by atoms with van der Waals surface area (Å²) in [5.41, 5.74) is 12.2. The van der Waals surface area contributed by atoms with Crippen LogP contribution in [0.3, 0.4) is 0 Å². The molecule has 0 aliphatic rings. The van der Waals surface area contributed by atoms with Crippen LogP contribution in [0.25, 0.3) is 21.6 Å². The predicted octanol–water partition coefficient (Wildman–Crippen LogP) is 8.59. The van der Waals surface area contributed by atoms with Crippen molar-refractivity contribution in [2.24, 2.45) is 10.8 Å². The van der Waals surface area contributed by atoms with Gasteiger partial charge in [-0.3, -0.25) is 0 Å². The van der Waals surface area contributed by atoms with E-state index in [4.69, 9.17) is 30.2 Å². The van der Waals surface area contributed by atoms with Gasteiger partial charge in [0.25, 0.3) is 0 Å². The highest BCUT2D eigenvalue weighted by atomic mass is 19.2. The topological polar surface area (TPSA) is 146 Å². The molecule has 0 aliphatic carbocycles. The number of halogens is 4. The molecule has 0 radical (unpaired) electrons. The molecule has 0 unspecified atom stereocenters. The van der Waals surface area contributed by atoms with E-state index in [9.17, 15) is 27.2 Å². The van der Waals surface area contributed by atoms with E-state index in [0.717, 1.165) is 19.3 Å². The number of nitrogens with zero attached hydrogens (tertiary/aromatic N) is 3. The van der Waals surface area contributed by atoms with Crippen LogP contribution >= 0.6 is 0 Å². The highest BCUT2D eigenvalue weighted by molar-refractivity contribution is 5.94. The fraction of sp³-hybridized carbons (Fsp3) is 0.235. The number of hydrogen-bond donors (Lipinski definition) is 1. The van der Waals surface area contributed by atoms with Crippen LogP contribution in [0.15, 0.2) is 71.8 Å². The standard InChI is InChI=1S/C34H30F4N4O6/c1-2-3-4-17-45-24-14-15-25(26(19-24)46-18-5-16-39)33(43)47-22-10-6-20(7-11-22)21-8-12-23(13-9-21)48-34(44)27-28(35)30(37)32(41-42-40)31(38)29(27)36/h6-15,19H,2-5,16-18,39H2,1H3. The van der Waals surface area contributed by atoms with Crippen LogP contribution in [0.2, 0.25) is 0 Å². The van der Waals surface area contributed by atoms with E-state index in [1.54, 1.807) is 42.5 Å². The first-order chi connectivity index (χ1) is 23.2. The number of ether oxygens (including phenoxy) is 4. The molecule has 0 heterocycles. The van der Waals surface area contributed by atoms with Crippen molar-refractivity contribution in [1.82, 2.24) is 0 Å². The Morgan fingerprint density at radius 3 is 1.81 bits per heavy atom. The molecule has 0 amide bonds. The Kier molecular flexibility index (Phi) is 12.4. The smallest absolute Gasteiger partial charge is 0.349 e. The summed E-state index contributed by atoms with van der Waals surface area (Å²) in [5.74, 6) is -9.64. The van der Waals surface area contributed by atoms with Gasteiger partial charge in [-0.15, -0.1) is 0 Å². The first-order valence-corrected chi connectivity index (χ1v) is 14.8. The molecule has 0 atom stereocenters. The number of carbonyl (C=O) groups is 2. The Hall–Kier alpha value is -5.59. The van der Waals surface area contributed by atoms with Gasteiger partial charge in [0.2, 0.25) is 0 Å². The summed E-state index contributed by atoms with van der Waals surface area (Å²) < 4.78 is 78.8. The van der Waals surface area contributed by atoms with Gasteiger partial charge in [-0.2, -0.15) is 0 Å². The lowest BCUT2D eigenvalue weighted by atomic mass is 10.1. The van der Waals surface area contributed by atoms with E-state index >= 15 is 0 Å². The Bertz CT molecular complexity index is 1790. The average molecular weight is 667 g/mol. The molecule has 4 aromatic rings. The molecule has 0 aromatic heterocycles. The molecule has 0 fully saturated rings. The Morgan fingerprint density at radius 2 is 1.27 bits per heavy atom. The lowest BCUT2D eigenvalue weighted by Gasteiger charge is -2.14. The van der Waals surface area contributed by atoms with Gasteiger partial charge in [-0.05, 0) is 72.4 Å². The SMILES string of the molecule is CCCCCOc1ccc(C(=O)Oc2ccc(-c3ccc(OC(=O)c4c(F)c(F)c(N=[N+]=[N-])c(F)c4F)cc3)cc2)c(OCCCN)c1. The highest BCUT2D eigenvalue weighted by Crippen LogP contribution is 2.32. The van der Waals surface area contributed by atoms with E-state index < -0.39 is 46.5 Å². The zero-order valence-electron chi connectivity index (χ0n) is 25.7. The van der Waals surface area contributed by atoms with Gasteiger partial charge >= 0.3 is 11.9 Å². The van der Waals surface area contributed by atoms with Crippen LogP contribution in [-0.4, -0.2) is 31.7 Å². The number of esters is 2. The molecule has 0 saturated heterocycles. The van der Waals surface area contributed by atoms with Gasteiger partial charge in [0, 0.05) is 11.0 Å². The molecule has 48 heavy (non-hydrogen) atoms. The Labute approximate surface area is 272 Å². The number of hydrogen-bond acceptors (Lipinski definition) is 8. The van der Waals surface area contributed by atoms with Crippen LogP contribution in [0, 0.1) is 23.3 Å². The van der Waals surface area contributed by atoms with E-state index in [-0.39, 0.29) is 17.1 Å². The van der Waals surface area contributed by atoms with Crippen LogP contribution < -0.4 is 24.7 Å². The van der Waals surface area contributed by atoms with Crippen molar-refractivity contribution in [1.29, 1.82) is 0 Å². The van der Waals surface area contributed by atoms with E-state index in [1.165, 1.54) is 24.3 Å². The zero-order chi connectivity index (χ0) is 34.6. The maximum Gasteiger partial charge on any atom is 0.349 e. The second kappa shape index (κ2) is 16.8. The number of benzene rings is 4.